The Labute approximate surface area is 247 Å². The molecule has 0 unspecified atom stereocenters. The number of piperazine rings is 1. The van der Waals surface area contributed by atoms with Crippen molar-refractivity contribution in [3.63, 3.8) is 0 Å². The van der Waals surface area contributed by atoms with E-state index in [1.807, 2.05) is 22.9 Å². The second kappa shape index (κ2) is 11.6. The molecule has 43 heavy (non-hydrogen) atoms. The number of hydrogen-bond acceptors (Lipinski definition) is 8. The molecule has 3 aromatic heterocycles. The SMILES string of the molecule is Nc1ncnc2c1c(-c1ccc3[nH]c(Cc4c(F)cccc4F)nc3c1)nn2[C@H]1CC[C@@H](N2CCN(CCO)CC2)CC1. The minimum atomic E-state index is -0.594. The van der Waals surface area contributed by atoms with Gasteiger partial charge in [0.1, 0.15) is 35.3 Å². The summed E-state index contributed by atoms with van der Waals surface area (Å²) in [7, 11) is 0. The first-order chi connectivity index (χ1) is 21.0. The Morgan fingerprint density at radius 1 is 0.953 bits per heavy atom. The molecule has 5 aromatic rings. The number of rotatable bonds is 7. The van der Waals surface area contributed by atoms with E-state index in [1.54, 1.807) is 0 Å². The van der Waals surface area contributed by atoms with Gasteiger partial charge >= 0.3 is 0 Å². The maximum Gasteiger partial charge on any atom is 0.164 e. The van der Waals surface area contributed by atoms with Crippen LogP contribution in [0.25, 0.3) is 33.3 Å². The molecule has 4 heterocycles. The number of nitrogens with zero attached hydrogens (tertiary/aromatic N) is 7. The van der Waals surface area contributed by atoms with Crippen molar-refractivity contribution < 1.29 is 13.9 Å². The fourth-order valence-corrected chi connectivity index (χ4v) is 6.77. The lowest BCUT2D eigenvalue weighted by molar-refractivity contribution is 0.0629. The Kier molecular flexibility index (Phi) is 7.50. The van der Waals surface area contributed by atoms with Crippen molar-refractivity contribution in [2.75, 3.05) is 45.1 Å². The van der Waals surface area contributed by atoms with Crippen molar-refractivity contribution >= 4 is 27.9 Å². The van der Waals surface area contributed by atoms with Crippen LogP contribution in [0.5, 0.6) is 0 Å². The quantitative estimate of drug-likeness (QED) is 0.262. The van der Waals surface area contributed by atoms with E-state index in [-0.39, 0.29) is 24.6 Å². The number of nitrogens with two attached hydrogens (primary N) is 1. The molecule has 1 saturated carbocycles. The number of β-amino-alcohol motifs (C(OH)–C–C–N with tert-alkyl or cyclic N) is 1. The number of nitrogen functional groups attached to an aromatic ring is 1. The molecule has 2 fully saturated rings. The van der Waals surface area contributed by atoms with Crippen molar-refractivity contribution in [2.24, 2.45) is 0 Å². The Morgan fingerprint density at radius 2 is 1.70 bits per heavy atom. The third-order valence-corrected chi connectivity index (χ3v) is 9.08. The number of aromatic amines is 1. The largest absolute Gasteiger partial charge is 0.395 e. The maximum absolute atomic E-state index is 14.2. The van der Waals surface area contributed by atoms with Gasteiger partial charge in [0, 0.05) is 56.3 Å². The first kappa shape index (κ1) is 27.8. The van der Waals surface area contributed by atoms with Crippen LogP contribution >= 0.6 is 0 Å². The van der Waals surface area contributed by atoms with Crippen LogP contribution in [0, 0.1) is 11.6 Å². The fourth-order valence-electron chi connectivity index (χ4n) is 6.77. The van der Waals surface area contributed by atoms with E-state index in [1.165, 1.54) is 24.5 Å². The summed E-state index contributed by atoms with van der Waals surface area (Å²) in [6, 6.07) is 10.4. The van der Waals surface area contributed by atoms with Gasteiger partial charge < -0.3 is 15.8 Å². The molecular formula is C31H35F2N9O. The van der Waals surface area contributed by atoms with E-state index in [9.17, 15) is 13.9 Å². The summed E-state index contributed by atoms with van der Waals surface area (Å²) in [5, 5.41) is 15.0. The van der Waals surface area contributed by atoms with Crippen LogP contribution in [0.2, 0.25) is 0 Å². The van der Waals surface area contributed by atoms with E-state index in [2.05, 4.69) is 29.7 Å². The van der Waals surface area contributed by atoms with Crippen LogP contribution in [-0.2, 0) is 6.42 Å². The first-order valence-electron chi connectivity index (χ1n) is 15.0. The van der Waals surface area contributed by atoms with Crippen molar-refractivity contribution in [1.82, 2.24) is 39.5 Å². The number of imidazole rings is 1. The van der Waals surface area contributed by atoms with Crippen LogP contribution in [0.4, 0.5) is 14.6 Å². The Morgan fingerprint density at radius 3 is 2.44 bits per heavy atom. The minimum absolute atomic E-state index is 0.0158. The van der Waals surface area contributed by atoms with Crippen molar-refractivity contribution in [3.8, 4) is 11.3 Å². The number of aliphatic hydroxyl groups excluding tert-OH is 1. The number of aliphatic hydroxyl groups is 1. The van der Waals surface area contributed by atoms with Crippen molar-refractivity contribution in [1.29, 1.82) is 0 Å². The molecule has 0 bridgehead atoms. The summed E-state index contributed by atoms with van der Waals surface area (Å²) in [4.78, 5) is 21.6. The standard InChI is InChI=1S/C31H35F2N9O/c32-23-2-1-3-24(33)22(23)17-27-37-25-9-4-19(16-26(25)38-27)29-28-30(34)35-18-36-31(28)42(39-29)21-7-5-20(6-8-21)41-12-10-40(11-13-41)14-15-43/h1-4,9,16,18,20-21,43H,5-8,10-15,17H2,(H,37,38)(H2,34,35,36)/t20-,21+. The molecule has 1 saturated heterocycles. The van der Waals surface area contributed by atoms with Gasteiger partial charge in [0.05, 0.1) is 29.1 Å². The normalized spacial score (nSPS) is 20.3. The zero-order valence-electron chi connectivity index (χ0n) is 23.9. The number of anilines is 1. The molecule has 0 spiro atoms. The minimum Gasteiger partial charge on any atom is -0.395 e. The molecule has 0 radical (unpaired) electrons. The summed E-state index contributed by atoms with van der Waals surface area (Å²) in [5.74, 6) is -0.342. The molecule has 1 aliphatic carbocycles. The first-order valence-corrected chi connectivity index (χ1v) is 15.0. The summed E-state index contributed by atoms with van der Waals surface area (Å²) < 4.78 is 30.5. The second-order valence-electron chi connectivity index (χ2n) is 11.6. The fraction of sp³-hybridized carbons (Fsp3) is 0.419. The monoisotopic (exact) mass is 587 g/mol. The molecule has 2 aromatic carbocycles. The number of benzene rings is 2. The molecule has 4 N–H and O–H groups in total. The number of H-pyrrole nitrogens is 1. The summed E-state index contributed by atoms with van der Waals surface area (Å²) in [6.07, 6.45) is 5.68. The Hall–Kier alpha value is -4.00. The van der Waals surface area contributed by atoms with Crippen LogP contribution < -0.4 is 5.73 Å². The van der Waals surface area contributed by atoms with Gasteiger partial charge in [0.15, 0.2) is 5.65 Å². The highest BCUT2D eigenvalue weighted by Crippen LogP contribution is 2.37. The zero-order chi connectivity index (χ0) is 29.5. The van der Waals surface area contributed by atoms with Crippen LogP contribution in [-0.4, -0.2) is 90.0 Å². The van der Waals surface area contributed by atoms with E-state index in [0.29, 0.717) is 34.3 Å². The molecule has 224 valence electrons. The van der Waals surface area contributed by atoms with Gasteiger partial charge in [-0.25, -0.2) is 28.4 Å². The molecule has 0 amide bonds. The van der Waals surface area contributed by atoms with Gasteiger partial charge in [-0.2, -0.15) is 5.10 Å². The molecule has 7 rings (SSSR count). The average molecular weight is 588 g/mol. The summed E-state index contributed by atoms with van der Waals surface area (Å²) >= 11 is 0. The zero-order valence-corrected chi connectivity index (χ0v) is 23.9. The molecule has 2 aliphatic rings. The third-order valence-electron chi connectivity index (χ3n) is 9.08. The lowest BCUT2D eigenvalue weighted by Crippen LogP contribution is -2.51. The van der Waals surface area contributed by atoms with E-state index in [0.717, 1.165) is 75.1 Å². The molecule has 12 heteroatoms. The molecule has 0 atom stereocenters. The average Bonchev–Trinajstić information content (AvgIpc) is 3.61. The third kappa shape index (κ3) is 5.34. The van der Waals surface area contributed by atoms with Gasteiger partial charge in [-0.3, -0.25) is 9.80 Å². The molecule has 1 aliphatic heterocycles. The highest BCUT2D eigenvalue weighted by Gasteiger charge is 2.31. The van der Waals surface area contributed by atoms with Crippen LogP contribution in [0.3, 0.4) is 0 Å². The van der Waals surface area contributed by atoms with E-state index >= 15 is 0 Å². The number of fused-ring (bicyclic) bond motifs is 2. The van der Waals surface area contributed by atoms with Crippen molar-refractivity contribution in [2.45, 2.75) is 44.2 Å². The van der Waals surface area contributed by atoms with Crippen molar-refractivity contribution in [3.05, 3.63) is 65.7 Å². The van der Waals surface area contributed by atoms with E-state index in [4.69, 9.17) is 10.8 Å². The number of halogens is 2. The summed E-state index contributed by atoms with van der Waals surface area (Å²) in [6.45, 7) is 5.06. The van der Waals surface area contributed by atoms with Crippen LogP contribution in [0.15, 0.2) is 42.7 Å². The lowest BCUT2D eigenvalue weighted by atomic mass is 9.90. The van der Waals surface area contributed by atoms with Gasteiger partial charge in [-0.15, -0.1) is 0 Å². The molecular weight excluding hydrogens is 552 g/mol. The maximum atomic E-state index is 14.2. The second-order valence-corrected chi connectivity index (χ2v) is 11.6. The smallest absolute Gasteiger partial charge is 0.164 e. The van der Waals surface area contributed by atoms with Crippen LogP contribution in [0.1, 0.15) is 43.1 Å². The van der Waals surface area contributed by atoms with E-state index < -0.39 is 11.6 Å². The van der Waals surface area contributed by atoms with Gasteiger partial charge in [0.25, 0.3) is 0 Å². The predicted octanol–water partition coefficient (Wildman–Crippen LogP) is 3.91. The highest BCUT2D eigenvalue weighted by molar-refractivity contribution is 5.99. The van der Waals surface area contributed by atoms with Gasteiger partial charge in [-0.1, -0.05) is 12.1 Å². The predicted molar refractivity (Wildman–Crippen MR) is 160 cm³/mol. The molecule has 10 nitrogen and oxygen atoms in total. The van der Waals surface area contributed by atoms with Gasteiger partial charge in [-0.05, 0) is 49.9 Å². The number of aromatic nitrogens is 6. The topological polar surface area (TPSA) is 125 Å². The highest BCUT2D eigenvalue weighted by atomic mass is 19.1. The summed E-state index contributed by atoms with van der Waals surface area (Å²) in [5.41, 5.74) is 10.1. The Balaban J connectivity index is 1.14. The lowest BCUT2D eigenvalue weighted by Gasteiger charge is -2.41. The number of hydrogen-bond donors (Lipinski definition) is 3. The Bertz CT molecular complexity index is 1730. The number of nitrogens with one attached hydrogen (secondary N) is 1. The van der Waals surface area contributed by atoms with Gasteiger partial charge in [0.2, 0.25) is 0 Å².